The molecule has 1 heterocycles. The highest BCUT2D eigenvalue weighted by atomic mass is 16.5. The molecule has 0 radical (unpaired) electrons. The van der Waals surface area contributed by atoms with Crippen molar-refractivity contribution in [1.29, 1.82) is 0 Å². The summed E-state index contributed by atoms with van der Waals surface area (Å²) in [4.78, 5) is 4.61. The zero-order valence-corrected chi connectivity index (χ0v) is 14.0. The monoisotopic (exact) mass is 335 g/mol. The van der Waals surface area contributed by atoms with Gasteiger partial charge in [-0.1, -0.05) is 66.5 Å². The minimum atomic E-state index is -0.476. The number of para-hydroxylation sites is 1. The van der Waals surface area contributed by atoms with Gasteiger partial charge >= 0.3 is 0 Å². The third-order valence-electron chi connectivity index (χ3n) is 4.71. The molecule has 0 spiro atoms. The number of aromatic nitrogens is 2. The van der Waals surface area contributed by atoms with Crippen LogP contribution in [0.4, 0.5) is 0 Å². The zero-order valence-electron chi connectivity index (χ0n) is 14.0. The van der Waals surface area contributed by atoms with E-state index in [1.165, 1.54) is 0 Å². The van der Waals surface area contributed by atoms with Crippen LogP contribution in [0.5, 0.6) is 5.75 Å². The number of rotatable bonds is 5. The lowest BCUT2D eigenvalue weighted by molar-refractivity contribution is 0.193. The predicted molar refractivity (Wildman–Crippen MR) is 94.0 cm³/mol. The highest BCUT2D eigenvalue weighted by Gasteiger charge is 2.37. The molecule has 5 heteroatoms. The second kappa shape index (κ2) is 6.69. The molecule has 25 heavy (non-hydrogen) atoms. The molecule has 1 aromatic heterocycles. The van der Waals surface area contributed by atoms with E-state index in [1.807, 2.05) is 60.7 Å². The zero-order chi connectivity index (χ0) is 17.1. The Morgan fingerprint density at radius 2 is 1.60 bits per heavy atom. The molecule has 0 amide bonds. The summed E-state index contributed by atoms with van der Waals surface area (Å²) < 4.78 is 11.7. The Labute approximate surface area is 146 Å². The van der Waals surface area contributed by atoms with E-state index in [2.05, 4.69) is 10.1 Å². The van der Waals surface area contributed by atoms with Crippen LogP contribution in [0.15, 0.2) is 65.2 Å². The molecule has 0 bridgehead atoms. The summed E-state index contributed by atoms with van der Waals surface area (Å²) >= 11 is 0. The summed E-state index contributed by atoms with van der Waals surface area (Å²) in [6.07, 6.45) is 3.52. The van der Waals surface area contributed by atoms with Crippen LogP contribution in [0.2, 0.25) is 0 Å². The molecular formula is C20H21N3O2. The molecule has 4 rings (SSSR count). The Kier molecular flexibility index (Phi) is 4.24. The van der Waals surface area contributed by atoms with Gasteiger partial charge in [-0.25, -0.2) is 0 Å². The fraction of sp³-hybridized carbons (Fsp3) is 0.300. The van der Waals surface area contributed by atoms with Crippen LogP contribution in [0.3, 0.4) is 0 Å². The SMILES string of the molecule is NC1(c2noc(C(Oc3ccccc3)c3ccccc3)n2)CCCC1. The lowest BCUT2D eigenvalue weighted by Crippen LogP contribution is -2.34. The van der Waals surface area contributed by atoms with Gasteiger partial charge in [-0.15, -0.1) is 0 Å². The molecule has 1 atom stereocenters. The summed E-state index contributed by atoms with van der Waals surface area (Å²) in [5.74, 6) is 1.76. The summed E-state index contributed by atoms with van der Waals surface area (Å²) in [5.41, 5.74) is 6.94. The van der Waals surface area contributed by atoms with E-state index < -0.39 is 11.6 Å². The van der Waals surface area contributed by atoms with Gasteiger partial charge in [0.15, 0.2) is 5.82 Å². The van der Waals surface area contributed by atoms with E-state index in [0.717, 1.165) is 37.0 Å². The molecular weight excluding hydrogens is 314 g/mol. The quantitative estimate of drug-likeness (QED) is 0.764. The van der Waals surface area contributed by atoms with Crippen molar-refractivity contribution < 1.29 is 9.26 Å². The van der Waals surface area contributed by atoms with Gasteiger partial charge in [-0.05, 0) is 25.0 Å². The summed E-state index contributed by atoms with van der Waals surface area (Å²) in [6, 6.07) is 19.5. The fourth-order valence-electron chi connectivity index (χ4n) is 3.30. The Balaban J connectivity index is 1.67. The first-order chi connectivity index (χ1) is 12.2. The van der Waals surface area contributed by atoms with Crippen LogP contribution >= 0.6 is 0 Å². The van der Waals surface area contributed by atoms with Gasteiger partial charge in [0.05, 0.1) is 5.54 Å². The average molecular weight is 335 g/mol. The van der Waals surface area contributed by atoms with E-state index in [-0.39, 0.29) is 0 Å². The Bertz CT molecular complexity index is 811. The first-order valence-corrected chi connectivity index (χ1v) is 8.64. The number of benzene rings is 2. The standard InChI is InChI=1S/C20H21N3O2/c21-20(13-7-8-14-20)19-22-18(25-23-19)17(15-9-3-1-4-10-15)24-16-11-5-2-6-12-16/h1-6,9-12,17H,7-8,13-14,21H2. The summed E-state index contributed by atoms with van der Waals surface area (Å²) in [7, 11) is 0. The molecule has 0 aliphatic heterocycles. The Morgan fingerprint density at radius 1 is 0.960 bits per heavy atom. The van der Waals surface area contributed by atoms with Crippen LogP contribution in [0.25, 0.3) is 0 Å². The van der Waals surface area contributed by atoms with Crippen molar-refractivity contribution in [3.63, 3.8) is 0 Å². The van der Waals surface area contributed by atoms with Crippen LogP contribution < -0.4 is 10.5 Å². The number of ether oxygens (including phenoxy) is 1. The first-order valence-electron chi connectivity index (χ1n) is 8.64. The van der Waals surface area contributed by atoms with Crippen LogP contribution in [0.1, 0.15) is 49.1 Å². The van der Waals surface area contributed by atoms with Gasteiger partial charge < -0.3 is 15.0 Å². The number of hydrogen-bond donors (Lipinski definition) is 1. The third-order valence-corrected chi connectivity index (χ3v) is 4.71. The van der Waals surface area contributed by atoms with E-state index in [9.17, 15) is 0 Å². The maximum atomic E-state index is 6.46. The normalized spacial score (nSPS) is 17.3. The topological polar surface area (TPSA) is 74.2 Å². The summed E-state index contributed by atoms with van der Waals surface area (Å²) in [6.45, 7) is 0. The molecule has 1 unspecified atom stereocenters. The maximum absolute atomic E-state index is 6.46. The van der Waals surface area contributed by atoms with Crippen molar-refractivity contribution >= 4 is 0 Å². The predicted octanol–water partition coefficient (Wildman–Crippen LogP) is 3.97. The van der Waals surface area contributed by atoms with Crippen molar-refractivity contribution in [3.8, 4) is 5.75 Å². The van der Waals surface area contributed by atoms with Gasteiger partial charge in [0.1, 0.15) is 5.75 Å². The molecule has 1 fully saturated rings. The molecule has 0 saturated heterocycles. The van der Waals surface area contributed by atoms with Crippen molar-refractivity contribution in [2.75, 3.05) is 0 Å². The molecule has 5 nitrogen and oxygen atoms in total. The molecule has 2 N–H and O–H groups in total. The van der Waals surface area contributed by atoms with E-state index >= 15 is 0 Å². The van der Waals surface area contributed by atoms with E-state index in [4.69, 9.17) is 15.0 Å². The lowest BCUT2D eigenvalue weighted by Gasteiger charge is -2.18. The average Bonchev–Trinajstić information content (AvgIpc) is 3.32. The van der Waals surface area contributed by atoms with E-state index in [0.29, 0.717) is 11.7 Å². The number of hydrogen-bond acceptors (Lipinski definition) is 5. The van der Waals surface area contributed by atoms with Gasteiger partial charge in [0, 0.05) is 5.56 Å². The van der Waals surface area contributed by atoms with Gasteiger partial charge in [0.25, 0.3) is 5.89 Å². The molecule has 1 aliphatic carbocycles. The maximum Gasteiger partial charge on any atom is 0.272 e. The highest BCUT2D eigenvalue weighted by Crippen LogP contribution is 2.36. The molecule has 2 aromatic carbocycles. The van der Waals surface area contributed by atoms with Crippen molar-refractivity contribution in [2.45, 2.75) is 37.3 Å². The highest BCUT2D eigenvalue weighted by molar-refractivity contribution is 5.27. The molecule has 1 aliphatic rings. The Hall–Kier alpha value is -2.66. The molecule has 3 aromatic rings. The van der Waals surface area contributed by atoms with Crippen molar-refractivity contribution in [2.24, 2.45) is 5.73 Å². The minimum Gasteiger partial charge on any atom is -0.476 e. The van der Waals surface area contributed by atoms with Gasteiger partial charge in [-0.3, -0.25) is 0 Å². The summed E-state index contributed by atoms with van der Waals surface area (Å²) in [5, 5.41) is 4.17. The lowest BCUT2D eigenvalue weighted by atomic mass is 9.98. The smallest absolute Gasteiger partial charge is 0.272 e. The number of nitrogens with zero attached hydrogens (tertiary/aromatic N) is 2. The van der Waals surface area contributed by atoms with E-state index in [1.54, 1.807) is 0 Å². The first kappa shape index (κ1) is 15.8. The fourth-order valence-corrected chi connectivity index (χ4v) is 3.30. The van der Waals surface area contributed by atoms with Gasteiger partial charge in [0.2, 0.25) is 6.10 Å². The Morgan fingerprint density at radius 3 is 2.28 bits per heavy atom. The molecule has 128 valence electrons. The second-order valence-electron chi connectivity index (χ2n) is 6.54. The number of nitrogens with two attached hydrogens (primary N) is 1. The van der Waals surface area contributed by atoms with Gasteiger partial charge in [-0.2, -0.15) is 4.98 Å². The minimum absolute atomic E-state index is 0.432. The largest absolute Gasteiger partial charge is 0.476 e. The van der Waals surface area contributed by atoms with Crippen LogP contribution in [-0.2, 0) is 5.54 Å². The van der Waals surface area contributed by atoms with Crippen molar-refractivity contribution in [3.05, 3.63) is 77.9 Å². The second-order valence-corrected chi connectivity index (χ2v) is 6.54. The van der Waals surface area contributed by atoms with Crippen molar-refractivity contribution in [1.82, 2.24) is 10.1 Å². The van der Waals surface area contributed by atoms with Crippen LogP contribution in [-0.4, -0.2) is 10.1 Å². The van der Waals surface area contributed by atoms with Crippen LogP contribution in [0, 0.1) is 0 Å². The third kappa shape index (κ3) is 3.28. The molecule has 1 saturated carbocycles.